The van der Waals surface area contributed by atoms with Crippen LogP contribution in [0.3, 0.4) is 0 Å². The molecule has 6 nitrogen and oxygen atoms in total. The Kier molecular flexibility index (Phi) is 5.11. The van der Waals surface area contributed by atoms with E-state index in [0.29, 0.717) is 18.3 Å². The van der Waals surface area contributed by atoms with E-state index in [-0.39, 0.29) is 0 Å². The van der Waals surface area contributed by atoms with Gasteiger partial charge in [-0.1, -0.05) is 5.16 Å². The molecular formula is C13H19N5OS. The second-order valence-corrected chi connectivity index (χ2v) is 5.31. The van der Waals surface area contributed by atoms with Crippen molar-refractivity contribution >= 4 is 17.3 Å². The second-order valence-electron chi connectivity index (χ2n) is 4.31. The van der Waals surface area contributed by atoms with Gasteiger partial charge in [0.1, 0.15) is 6.54 Å². The van der Waals surface area contributed by atoms with Gasteiger partial charge in [0, 0.05) is 11.4 Å². The van der Waals surface area contributed by atoms with Crippen LogP contribution in [-0.4, -0.2) is 22.6 Å². The highest BCUT2D eigenvalue weighted by Crippen LogP contribution is 2.14. The maximum atomic E-state index is 5.04. The zero-order chi connectivity index (χ0) is 14.4. The minimum Gasteiger partial charge on any atom is -0.357 e. The van der Waals surface area contributed by atoms with Gasteiger partial charge in [-0.15, -0.1) is 11.3 Å². The van der Waals surface area contributed by atoms with Crippen LogP contribution in [0.1, 0.15) is 29.1 Å². The van der Waals surface area contributed by atoms with E-state index in [4.69, 9.17) is 4.52 Å². The van der Waals surface area contributed by atoms with Crippen molar-refractivity contribution in [2.24, 2.45) is 4.99 Å². The summed E-state index contributed by atoms with van der Waals surface area (Å²) in [5, 5.41) is 12.3. The molecular weight excluding hydrogens is 274 g/mol. The number of guanidine groups is 1. The summed E-state index contributed by atoms with van der Waals surface area (Å²) in [6.07, 6.45) is 0. The van der Waals surface area contributed by atoms with Crippen LogP contribution in [0.25, 0.3) is 0 Å². The van der Waals surface area contributed by atoms with Gasteiger partial charge in [0.2, 0.25) is 5.89 Å². The number of rotatable bonds is 5. The van der Waals surface area contributed by atoms with E-state index in [9.17, 15) is 0 Å². The van der Waals surface area contributed by atoms with Crippen molar-refractivity contribution in [2.75, 3.05) is 6.54 Å². The molecule has 0 amide bonds. The van der Waals surface area contributed by atoms with E-state index >= 15 is 0 Å². The molecule has 2 aromatic rings. The summed E-state index contributed by atoms with van der Waals surface area (Å²) in [6, 6.07) is 2.12. The number of hydrogen-bond acceptors (Lipinski definition) is 5. The molecule has 0 aliphatic heterocycles. The molecule has 2 N–H and O–H groups in total. The van der Waals surface area contributed by atoms with Gasteiger partial charge in [-0.2, -0.15) is 4.98 Å². The first-order valence-corrected chi connectivity index (χ1v) is 7.41. The maximum absolute atomic E-state index is 5.04. The minimum atomic E-state index is 0.375. The van der Waals surface area contributed by atoms with Crippen LogP contribution < -0.4 is 10.6 Å². The van der Waals surface area contributed by atoms with Gasteiger partial charge in [-0.05, 0) is 37.8 Å². The quantitative estimate of drug-likeness (QED) is 0.651. The third kappa shape index (κ3) is 4.06. The van der Waals surface area contributed by atoms with Gasteiger partial charge in [0.15, 0.2) is 11.8 Å². The van der Waals surface area contributed by atoms with Crippen molar-refractivity contribution in [3.8, 4) is 0 Å². The Morgan fingerprint density at radius 2 is 2.25 bits per heavy atom. The first-order chi connectivity index (χ1) is 9.69. The lowest BCUT2D eigenvalue weighted by Crippen LogP contribution is -2.36. The van der Waals surface area contributed by atoms with Gasteiger partial charge < -0.3 is 15.2 Å². The van der Waals surface area contributed by atoms with Gasteiger partial charge in [0.25, 0.3) is 0 Å². The van der Waals surface area contributed by atoms with Crippen LogP contribution in [0, 0.1) is 13.8 Å². The number of aliphatic imine (C=N–C) groups is 1. The van der Waals surface area contributed by atoms with Crippen molar-refractivity contribution in [3.05, 3.63) is 33.6 Å². The van der Waals surface area contributed by atoms with Gasteiger partial charge in [-0.3, -0.25) is 0 Å². The zero-order valence-electron chi connectivity index (χ0n) is 11.9. The van der Waals surface area contributed by atoms with Crippen molar-refractivity contribution in [1.29, 1.82) is 0 Å². The number of hydrogen-bond donors (Lipinski definition) is 2. The van der Waals surface area contributed by atoms with Crippen LogP contribution in [0.2, 0.25) is 0 Å². The normalized spacial score (nSPS) is 11.7. The molecule has 0 radical (unpaired) electrons. The second kappa shape index (κ2) is 7.04. The fourth-order valence-corrected chi connectivity index (χ4v) is 2.49. The molecule has 0 fully saturated rings. The van der Waals surface area contributed by atoms with Crippen molar-refractivity contribution in [3.63, 3.8) is 0 Å². The summed E-state index contributed by atoms with van der Waals surface area (Å²) in [7, 11) is 0. The maximum Gasteiger partial charge on any atom is 0.248 e. The molecule has 0 saturated heterocycles. The van der Waals surface area contributed by atoms with E-state index in [0.717, 1.165) is 19.0 Å². The van der Waals surface area contributed by atoms with E-state index in [1.54, 1.807) is 18.3 Å². The van der Waals surface area contributed by atoms with E-state index < -0.39 is 0 Å². The van der Waals surface area contributed by atoms with Crippen LogP contribution in [0.15, 0.2) is 21.0 Å². The average Bonchev–Trinajstić information content (AvgIpc) is 3.02. The highest BCUT2D eigenvalue weighted by molar-refractivity contribution is 7.10. The molecule has 2 heterocycles. The standard InChI is InChI=1S/C13H19N5OS/c1-4-14-13(15-7-11-9(2)5-6-20-11)16-8-12-17-10(3)18-19-12/h5-6H,4,7-8H2,1-3H3,(H2,14,15,16). The molecule has 0 saturated carbocycles. The third-order valence-corrected chi connectivity index (χ3v) is 3.69. The Morgan fingerprint density at radius 3 is 2.85 bits per heavy atom. The van der Waals surface area contributed by atoms with Crippen molar-refractivity contribution in [2.45, 2.75) is 33.9 Å². The molecule has 0 spiro atoms. The van der Waals surface area contributed by atoms with Crippen LogP contribution in [0.4, 0.5) is 0 Å². The lowest BCUT2D eigenvalue weighted by molar-refractivity contribution is 0.376. The molecule has 0 atom stereocenters. The molecule has 7 heteroatoms. The summed E-state index contributed by atoms with van der Waals surface area (Å²) in [5.41, 5.74) is 1.30. The summed E-state index contributed by atoms with van der Waals surface area (Å²) in [4.78, 5) is 9.87. The topological polar surface area (TPSA) is 75.3 Å². The summed E-state index contributed by atoms with van der Waals surface area (Å²) >= 11 is 1.74. The van der Waals surface area contributed by atoms with E-state index in [1.807, 2.05) is 6.92 Å². The molecule has 2 aromatic heterocycles. The Labute approximate surface area is 122 Å². The molecule has 20 heavy (non-hydrogen) atoms. The smallest absolute Gasteiger partial charge is 0.248 e. The van der Waals surface area contributed by atoms with Crippen molar-refractivity contribution < 1.29 is 4.52 Å². The van der Waals surface area contributed by atoms with Crippen LogP contribution in [-0.2, 0) is 13.1 Å². The largest absolute Gasteiger partial charge is 0.357 e. The lowest BCUT2D eigenvalue weighted by atomic mass is 10.3. The SMILES string of the molecule is CCNC(=NCc1nc(C)no1)NCc1sccc1C. The molecule has 0 aliphatic rings. The number of aryl methyl sites for hydroxylation is 2. The number of nitrogens with zero attached hydrogens (tertiary/aromatic N) is 3. The van der Waals surface area contributed by atoms with Gasteiger partial charge in [-0.25, -0.2) is 4.99 Å². The summed E-state index contributed by atoms with van der Waals surface area (Å²) in [5.74, 6) is 1.89. The predicted molar refractivity (Wildman–Crippen MR) is 79.7 cm³/mol. The molecule has 2 rings (SSSR count). The average molecular weight is 293 g/mol. The highest BCUT2D eigenvalue weighted by atomic mass is 32.1. The Morgan fingerprint density at radius 1 is 1.40 bits per heavy atom. The fourth-order valence-electron chi connectivity index (χ4n) is 1.64. The van der Waals surface area contributed by atoms with Gasteiger partial charge >= 0.3 is 0 Å². The zero-order valence-corrected chi connectivity index (χ0v) is 12.8. The van der Waals surface area contributed by atoms with Crippen molar-refractivity contribution in [1.82, 2.24) is 20.8 Å². The summed E-state index contributed by atoms with van der Waals surface area (Å²) in [6.45, 7) is 7.87. The van der Waals surface area contributed by atoms with E-state index in [2.05, 4.69) is 44.1 Å². The molecule has 108 valence electrons. The first-order valence-electron chi connectivity index (χ1n) is 6.53. The Bertz CT molecular complexity index is 575. The first kappa shape index (κ1) is 14.5. The molecule has 0 bridgehead atoms. The summed E-state index contributed by atoms with van der Waals surface area (Å²) < 4.78 is 5.04. The lowest BCUT2D eigenvalue weighted by Gasteiger charge is -2.10. The minimum absolute atomic E-state index is 0.375. The third-order valence-electron chi connectivity index (χ3n) is 2.67. The number of thiophene rings is 1. The highest BCUT2D eigenvalue weighted by Gasteiger charge is 2.04. The predicted octanol–water partition coefficient (Wildman–Crippen LogP) is 2.00. The van der Waals surface area contributed by atoms with E-state index in [1.165, 1.54) is 10.4 Å². The van der Waals surface area contributed by atoms with Crippen LogP contribution in [0.5, 0.6) is 0 Å². The number of aromatic nitrogens is 2. The Balaban J connectivity index is 1.94. The monoisotopic (exact) mass is 293 g/mol. The number of nitrogens with one attached hydrogen (secondary N) is 2. The van der Waals surface area contributed by atoms with Crippen LogP contribution >= 0.6 is 11.3 Å². The Hall–Kier alpha value is -1.89. The fraction of sp³-hybridized carbons (Fsp3) is 0.462. The molecule has 0 unspecified atom stereocenters. The molecule has 0 aromatic carbocycles. The molecule has 0 aliphatic carbocycles. The van der Waals surface area contributed by atoms with Gasteiger partial charge in [0.05, 0.1) is 6.54 Å².